The number of hydrogen-bond donors (Lipinski definition) is 2. The van der Waals surface area contributed by atoms with Gasteiger partial charge in [0.05, 0.1) is 19.0 Å². The third-order valence-electron chi connectivity index (χ3n) is 6.07. The molecule has 0 amide bonds. The zero-order valence-corrected chi connectivity index (χ0v) is 16.0. The molecule has 2 fully saturated rings. The quantitative estimate of drug-likeness (QED) is 0.706. The number of aliphatic hydroxyl groups is 1. The molecule has 1 saturated heterocycles. The van der Waals surface area contributed by atoms with Crippen molar-refractivity contribution in [3.63, 3.8) is 0 Å². The van der Waals surface area contributed by atoms with Gasteiger partial charge in [-0.2, -0.15) is 4.98 Å². The van der Waals surface area contributed by atoms with E-state index in [0.717, 1.165) is 36.5 Å². The minimum atomic E-state index is 0.0892. The van der Waals surface area contributed by atoms with Gasteiger partial charge in [0.25, 0.3) is 0 Å². The zero-order valence-electron chi connectivity index (χ0n) is 16.0. The van der Waals surface area contributed by atoms with Crippen molar-refractivity contribution < 1.29 is 5.11 Å². The van der Waals surface area contributed by atoms with E-state index >= 15 is 0 Å². The molecule has 8 heteroatoms. The Balaban J connectivity index is 1.44. The van der Waals surface area contributed by atoms with Crippen LogP contribution in [0.25, 0.3) is 5.52 Å². The highest BCUT2D eigenvalue weighted by molar-refractivity contribution is 5.73. The fourth-order valence-electron chi connectivity index (χ4n) is 4.53. The molecule has 5 rings (SSSR count). The van der Waals surface area contributed by atoms with Gasteiger partial charge in [0.2, 0.25) is 5.95 Å². The standard InChI is InChI=1S/C20H27N7O/c28-13-16-8-4-10-26(16)20-23-19(17-9-5-11-27(17)24-20)22-18-12-25(14-21-18)15-6-2-1-3-7-15/h5,9,11-12,14-16,28H,1-4,6-8,10,13H2,(H,22,23,24)/t16-/m0/s1. The number of aromatic nitrogens is 5. The van der Waals surface area contributed by atoms with E-state index in [-0.39, 0.29) is 12.6 Å². The molecular weight excluding hydrogens is 354 g/mol. The van der Waals surface area contributed by atoms with Crippen LogP contribution in [0.15, 0.2) is 30.9 Å². The summed E-state index contributed by atoms with van der Waals surface area (Å²) in [5, 5.41) is 17.7. The first kappa shape index (κ1) is 17.5. The first-order valence-corrected chi connectivity index (χ1v) is 10.4. The topological polar surface area (TPSA) is 83.5 Å². The second kappa shape index (κ2) is 7.43. The van der Waals surface area contributed by atoms with Crippen LogP contribution in [0.4, 0.5) is 17.6 Å². The molecule has 2 aliphatic rings. The van der Waals surface area contributed by atoms with Crippen LogP contribution in [0.1, 0.15) is 51.0 Å². The fourth-order valence-corrected chi connectivity index (χ4v) is 4.53. The second-order valence-electron chi connectivity index (χ2n) is 7.89. The van der Waals surface area contributed by atoms with Gasteiger partial charge in [-0.3, -0.25) is 0 Å². The summed E-state index contributed by atoms with van der Waals surface area (Å²) >= 11 is 0. The zero-order chi connectivity index (χ0) is 18.9. The fraction of sp³-hybridized carbons (Fsp3) is 0.550. The van der Waals surface area contributed by atoms with Gasteiger partial charge in [0.1, 0.15) is 11.3 Å². The number of aliphatic hydroxyl groups excluding tert-OH is 1. The van der Waals surface area contributed by atoms with Gasteiger partial charge in [-0.15, -0.1) is 5.10 Å². The van der Waals surface area contributed by atoms with Crippen LogP contribution in [0.2, 0.25) is 0 Å². The Morgan fingerprint density at radius 2 is 2.04 bits per heavy atom. The summed E-state index contributed by atoms with van der Waals surface area (Å²) in [6.45, 7) is 0.995. The van der Waals surface area contributed by atoms with Crippen molar-refractivity contribution in [3.05, 3.63) is 30.9 Å². The Hall–Kier alpha value is -2.61. The molecule has 1 saturated carbocycles. The van der Waals surface area contributed by atoms with E-state index in [1.807, 2.05) is 29.2 Å². The highest BCUT2D eigenvalue weighted by atomic mass is 16.3. The predicted molar refractivity (Wildman–Crippen MR) is 108 cm³/mol. The first-order chi connectivity index (χ1) is 13.8. The van der Waals surface area contributed by atoms with E-state index in [2.05, 4.69) is 31.1 Å². The summed E-state index contributed by atoms with van der Waals surface area (Å²) in [7, 11) is 0. The van der Waals surface area contributed by atoms with Gasteiger partial charge in [0.15, 0.2) is 5.82 Å². The Morgan fingerprint density at radius 1 is 1.14 bits per heavy atom. The van der Waals surface area contributed by atoms with Crippen molar-refractivity contribution in [1.29, 1.82) is 0 Å². The smallest absolute Gasteiger partial charge is 0.245 e. The van der Waals surface area contributed by atoms with Crippen molar-refractivity contribution in [1.82, 2.24) is 24.1 Å². The maximum Gasteiger partial charge on any atom is 0.245 e. The molecule has 0 aromatic carbocycles. The van der Waals surface area contributed by atoms with Gasteiger partial charge >= 0.3 is 0 Å². The molecule has 0 unspecified atom stereocenters. The predicted octanol–water partition coefficient (Wildman–Crippen LogP) is 3.14. The summed E-state index contributed by atoms with van der Waals surface area (Å²) in [5.41, 5.74) is 0.913. The van der Waals surface area contributed by atoms with Crippen LogP contribution in [-0.4, -0.2) is 48.4 Å². The van der Waals surface area contributed by atoms with Crippen LogP contribution < -0.4 is 10.2 Å². The molecule has 1 aliphatic heterocycles. The van der Waals surface area contributed by atoms with E-state index < -0.39 is 0 Å². The van der Waals surface area contributed by atoms with Crippen molar-refractivity contribution >= 4 is 23.1 Å². The molecule has 28 heavy (non-hydrogen) atoms. The number of fused-ring (bicyclic) bond motifs is 1. The van der Waals surface area contributed by atoms with Crippen molar-refractivity contribution in [2.75, 3.05) is 23.4 Å². The average molecular weight is 381 g/mol. The van der Waals surface area contributed by atoms with E-state index in [9.17, 15) is 5.11 Å². The lowest BCUT2D eigenvalue weighted by Crippen LogP contribution is -2.34. The number of anilines is 3. The Morgan fingerprint density at radius 3 is 2.89 bits per heavy atom. The molecule has 0 bridgehead atoms. The highest BCUT2D eigenvalue weighted by Crippen LogP contribution is 2.30. The van der Waals surface area contributed by atoms with E-state index in [4.69, 9.17) is 4.98 Å². The third-order valence-corrected chi connectivity index (χ3v) is 6.07. The van der Waals surface area contributed by atoms with Gasteiger partial charge in [-0.05, 0) is 37.8 Å². The first-order valence-electron chi connectivity index (χ1n) is 10.4. The van der Waals surface area contributed by atoms with E-state index in [1.165, 1.54) is 32.1 Å². The molecule has 0 spiro atoms. The van der Waals surface area contributed by atoms with Crippen LogP contribution >= 0.6 is 0 Å². The SMILES string of the molecule is OC[C@@H]1CCCN1c1nc(Nc2cn(C3CCCCC3)cn2)c2cccn2n1. The summed E-state index contributed by atoms with van der Waals surface area (Å²) in [4.78, 5) is 11.5. The van der Waals surface area contributed by atoms with Crippen LogP contribution in [0, 0.1) is 0 Å². The molecule has 2 N–H and O–H groups in total. The van der Waals surface area contributed by atoms with Crippen molar-refractivity contribution in [2.24, 2.45) is 0 Å². The number of hydrogen-bond acceptors (Lipinski definition) is 6. The molecule has 1 atom stereocenters. The number of rotatable bonds is 5. The Kier molecular flexibility index (Phi) is 4.64. The number of imidazole rings is 1. The van der Waals surface area contributed by atoms with Crippen molar-refractivity contribution in [2.45, 2.75) is 57.0 Å². The lowest BCUT2D eigenvalue weighted by Gasteiger charge is -2.23. The van der Waals surface area contributed by atoms with Gasteiger partial charge in [0, 0.05) is 25.0 Å². The Labute approximate surface area is 164 Å². The molecule has 3 aromatic heterocycles. The number of nitrogens with one attached hydrogen (secondary N) is 1. The highest BCUT2D eigenvalue weighted by Gasteiger charge is 2.27. The molecular formula is C20H27N7O. The van der Waals surface area contributed by atoms with Crippen LogP contribution in [-0.2, 0) is 0 Å². The van der Waals surface area contributed by atoms with Gasteiger partial charge in [-0.1, -0.05) is 19.3 Å². The van der Waals surface area contributed by atoms with Gasteiger partial charge < -0.3 is 19.9 Å². The Bertz CT molecular complexity index is 943. The number of nitrogens with zero attached hydrogens (tertiary/aromatic N) is 6. The largest absolute Gasteiger partial charge is 0.394 e. The molecule has 1 aliphatic carbocycles. The molecule has 0 radical (unpaired) electrons. The molecule has 148 valence electrons. The summed E-state index contributed by atoms with van der Waals surface area (Å²) in [6.07, 6.45) is 14.4. The monoisotopic (exact) mass is 381 g/mol. The second-order valence-corrected chi connectivity index (χ2v) is 7.89. The normalized spacial score (nSPS) is 20.9. The average Bonchev–Trinajstić information content (AvgIpc) is 3.48. The van der Waals surface area contributed by atoms with Gasteiger partial charge in [-0.25, -0.2) is 9.50 Å². The summed E-state index contributed by atoms with van der Waals surface area (Å²) < 4.78 is 4.08. The molecule has 8 nitrogen and oxygen atoms in total. The summed E-state index contributed by atoms with van der Waals surface area (Å²) in [6, 6.07) is 4.61. The van der Waals surface area contributed by atoms with E-state index in [0.29, 0.717) is 12.0 Å². The summed E-state index contributed by atoms with van der Waals surface area (Å²) in [5.74, 6) is 2.19. The minimum absolute atomic E-state index is 0.0892. The lowest BCUT2D eigenvalue weighted by molar-refractivity contribution is 0.265. The lowest BCUT2D eigenvalue weighted by atomic mass is 9.95. The van der Waals surface area contributed by atoms with E-state index in [1.54, 1.807) is 0 Å². The minimum Gasteiger partial charge on any atom is -0.394 e. The molecule has 3 aromatic rings. The molecule has 4 heterocycles. The van der Waals surface area contributed by atoms with Crippen LogP contribution in [0.5, 0.6) is 0 Å². The third kappa shape index (κ3) is 3.22. The maximum atomic E-state index is 9.67. The van der Waals surface area contributed by atoms with Crippen molar-refractivity contribution in [3.8, 4) is 0 Å². The van der Waals surface area contributed by atoms with Crippen LogP contribution in [0.3, 0.4) is 0 Å². The maximum absolute atomic E-state index is 9.67.